The molecule has 2 atom stereocenters. The molecule has 2 unspecified atom stereocenters. The second-order valence-corrected chi connectivity index (χ2v) is 17.1. The first-order chi connectivity index (χ1) is 31.3. The third-order valence-electron chi connectivity index (χ3n) is 13.8. The van der Waals surface area contributed by atoms with Gasteiger partial charge in [-0.25, -0.2) is 0 Å². The van der Waals surface area contributed by atoms with Gasteiger partial charge < -0.3 is 4.57 Å². The molecule has 1 heteroatoms. The zero-order valence-electron chi connectivity index (χ0n) is 34.6. The summed E-state index contributed by atoms with van der Waals surface area (Å²) in [6.45, 7) is 0. The van der Waals surface area contributed by atoms with Crippen molar-refractivity contribution in [1.29, 1.82) is 0 Å². The van der Waals surface area contributed by atoms with Crippen LogP contribution >= 0.6 is 0 Å². The highest BCUT2D eigenvalue weighted by atomic mass is 15.0. The van der Waals surface area contributed by atoms with Crippen molar-refractivity contribution in [3.8, 4) is 61.3 Å². The molecule has 1 aromatic heterocycles. The van der Waals surface area contributed by atoms with Crippen LogP contribution in [0.1, 0.15) is 45.2 Å². The number of hydrogen-bond acceptors (Lipinski definition) is 0. The molecule has 294 valence electrons. The predicted molar refractivity (Wildman–Crippen MR) is 263 cm³/mol. The molecule has 0 fully saturated rings. The normalized spacial score (nSPS) is 14.7. The number of aromatic nitrogens is 1. The molecule has 1 heterocycles. The van der Waals surface area contributed by atoms with E-state index in [1.807, 2.05) is 0 Å². The average molecular weight is 800 g/mol. The highest BCUT2D eigenvalue weighted by Crippen LogP contribution is 2.52. The number of nitrogens with zero attached hydrogens (tertiary/aromatic N) is 1. The Labute approximate surface area is 367 Å². The zero-order valence-corrected chi connectivity index (χ0v) is 34.6. The molecule has 0 N–H and O–H groups in total. The number of benzene rings is 10. The summed E-state index contributed by atoms with van der Waals surface area (Å²) in [5.74, 6) is 0.262. The minimum atomic E-state index is 0.110. The summed E-state index contributed by atoms with van der Waals surface area (Å²) in [6.07, 6.45) is 0. The molecule has 13 rings (SSSR count). The Morgan fingerprint density at radius 2 is 0.778 bits per heavy atom. The van der Waals surface area contributed by atoms with Gasteiger partial charge in [0.1, 0.15) is 0 Å². The molecule has 63 heavy (non-hydrogen) atoms. The van der Waals surface area contributed by atoms with Gasteiger partial charge in [0.05, 0.1) is 11.0 Å². The third kappa shape index (κ3) is 5.63. The molecule has 0 aliphatic heterocycles. The molecule has 0 amide bonds. The Balaban J connectivity index is 0.930. The maximum Gasteiger partial charge on any atom is 0.0541 e. The van der Waals surface area contributed by atoms with Gasteiger partial charge in [-0.1, -0.05) is 200 Å². The molecule has 0 radical (unpaired) electrons. The van der Waals surface area contributed by atoms with Crippen LogP contribution < -0.4 is 0 Å². The van der Waals surface area contributed by atoms with Crippen molar-refractivity contribution in [2.45, 2.75) is 11.8 Å². The van der Waals surface area contributed by atoms with Crippen molar-refractivity contribution < 1.29 is 0 Å². The highest BCUT2D eigenvalue weighted by Gasteiger charge is 2.32. The molecule has 2 aliphatic rings. The fourth-order valence-electron chi connectivity index (χ4n) is 11.0. The molecular weight excluding hydrogens is 759 g/mol. The first-order valence-electron chi connectivity index (χ1n) is 22.1. The van der Waals surface area contributed by atoms with Crippen LogP contribution in [0.4, 0.5) is 0 Å². The SMILES string of the molecule is c1ccc(-c2ccc3c(c2)-c2ccccc2C3c2cccc(-c3ccc(C4c5ccccc5-c5cc(-n6c7ccccc7c7ccccc76)ccc54)cc3-c3ccccc3)c2)cc1. The van der Waals surface area contributed by atoms with Crippen LogP contribution in [-0.2, 0) is 0 Å². The lowest BCUT2D eigenvalue weighted by Crippen LogP contribution is -2.02. The van der Waals surface area contributed by atoms with Crippen LogP contribution in [0.25, 0.3) is 83.1 Å². The van der Waals surface area contributed by atoms with Crippen LogP contribution in [0.2, 0.25) is 0 Å². The van der Waals surface area contributed by atoms with Gasteiger partial charge in [0.15, 0.2) is 0 Å². The largest absolute Gasteiger partial charge is 0.309 e. The van der Waals surface area contributed by atoms with Gasteiger partial charge in [0.25, 0.3) is 0 Å². The second kappa shape index (κ2) is 14.3. The second-order valence-electron chi connectivity index (χ2n) is 17.1. The number of rotatable bonds is 6. The molecule has 0 saturated heterocycles. The summed E-state index contributed by atoms with van der Waals surface area (Å²) in [4.78, 5) is 0. The molecule has 10 aromatic carbocycles. The topological polar surface area (TPSA) is 4.93 Å². The summed E-state index contributed by atoms with van der Waals surface area (Å²) >= 11 is 0. The lowest BCUT2D eigenvalue weighted by Gasteiger charge is -2.20. The van der Waals surface area contributed by atoms with E-state index in [1.165, 1.54) is 117 Å². The van der Waals surface area contributed by atoms with Gasteiger partial charge in [-0.3, -0.25) is 0 Å². The quantitative estimate of drug-likeness (QED) is 0.158. The molecule has 2 aliphatic carbocycles. The maximum atomic E-state index is 2.47. The number of hydrogen-bond donors (Lipinski definition) is 0. The Morgan fingerprint density at radius 1 is 0.254 bits per heavy atom. The number of para-hydroxylation sites is 2. The van der Waals surface area contributed by atoms with E-state index in [4.69, 9.17) is 0 Å². The van der Waals surface area contributed by atoms with Crippen molar-refractivity contribution >= 4 is 21.8 Å². The van der Waals surface area contributed by atoms with Crippen LogP contribution in [0.5, 0.6) is 0 Å². The fraction of sp³-hybridized carbons (Fsp3) is 0.0323. The molecular formula is C62H41N. The average Bonchev–Trinajstić information content (AvgIpc) is 4.00. The fourth-order valence-corrected chi connectivity index (χ4v) is 11.0. The molecule has 11 aromatic rings. The van der Waals surface area contributed by atoms with Gasteiger partial charge in [-0.2, -0.15) is 0 Å². The van der Waals surface area contributed by atoms with Gasteiger partial charge in [-0.05, 0) is 125 Å². The highest BCUT2D eigenvalue weighted by molar-refractivity contribution is 6.09. The van der Waals surface area contributed by atoms with E-state index in [0.29, 0.717) is 0 Å². The van der Waals surface area contributed by atoms with Crippen molar-refractivity contribution in [2.24, 2.45) is 0 Å². The van der Waals surface area contributed by atoms with E-state index in [9.17, 15) is 0 Å². The van der Waals surface area contributed by atoms with Crippen molar-refractivity contribution in [2.75, 3.05) is 0 Å². The summed E-state index contributed by atoms with van der Waals surface area (Å²) in [5.41, 5.74) is 24.4. The van der Waals surface area contributed by atoms with Crippen molar-refractivity contribution in [1.82, 2.24) is 4.57 Å². The Morgan fingerprint density at radius 3 is 1.46 bits per heavy atom. The summed E-state index contributed by atoms with van der Waals surface area (Å²) in [6, 6.07) is 88.0. The Kier molecular flexibility index (Phi) is 8.11. The summed E-state index contributed by atoms with van der Waals surface area (Å²) < 4.78 is 2.43. The lowest BCUT2D eigenvalue weighted by atomic mass is 9.83. The van der Waals surface area contributed by atoms with Crippen LogP contribution in [-0.4, -0.2) is 4.57 Å². The molecule has 0 bridgehead atoms. The summed E-state index contributed by atoms with van der Waals surface area (Å²) in [5, 5.41) is 2.56. The molecule has 0 spiro atoms. The van der Waals surface area contributed by atoms with Crippen molar-refractivity contribution in [3.63, 3.8) is 0 Å². The van der Waals surface area contributed by atoms with Crippen LogP contribution in [0, 0.1) is 0 Å². The zero-order chi connectivity index (χ0) is 41.4. The van der Waals surface area contributed by atoms with E-state index in [0.717, 1.165) is 0 Å². The summed E-state index contributed by atoms with van der Waals surface area (Å²) in [7, 11) is 0. The number of fused-ring (bicyclic) bond motifs is 9. The van der Waals surface area contributed by atoms with Crippen LogP contribution in [0.15, 0.2) is 237 Å². The third-order valence-corrected chi connectivity index (χ3v) is 13.8. The minimum absolute atomic E-state index is 0.110. The lowest BCUT2D eigenvalue weighted by molar-refractivity contribution is 1.01. The maximum absolute atomic E-state index is 2.47. The van der Waals surface area contributed by atoms with E-state index >= 15 is 0 Å². The van der Waals surface area contributed by atoms with E-state index in [2.05, 4.69) is 241 Å². The van der Waals surface area contributed by atoms with Gasteiger partial charge in [0.2, 0.25) is 0 Å². The smallest absolute Gasteiger partial charge is 0.0541 e. The first kappa shape index (κ1) is 35.7. The predicted octanol–water partition coefficient (Wildman–Crippen LogP) is 16.1. The molecule has 0 saturated carbocycles. The van der Waals surface area contributed by atoms with Gasteiger partial charge >= 0.3 is 0 Å². The van der Waals surface area contributed by atoms with Gasteiger partial charge in [-0.15, -0.1) is 0 Å². The Bertz CT molecular complexity index is 3520. The van der Waals surface area contributed by atoms with E-state index in [-0.39, 0.29) is 11.8 Å². The Hall–Kier alpha value is -8.00. The van der Waals surface area contributed by atoms with Crippen LogP contribution in [0.3, 0.4) is 0 Å². The monoisotopic (exact) mass is 799 g/mol. The van der Waals surface area contributed by atoms with E-state index < -0.39 is 0 Å². The molecule has 1 nitrogen and oxygen atoms in total. The first-order valence-corrected chi connectivity index (χ1v) is 22.1. The van der Waals surface area contributed by atoms with Crippen molar-refractivity contribution in [3.05, 3.63) is 270 Å². The van der Waals surface area contributed by atoms with E-state index in [1.54, 1.807) is 0 Å². The van der Waals surface area contributed by atoms with Gasteiger partial charge in [0, 0.05) is 28.3 Å². The minimum Gasteiger partial charge on any atom is -0.309 e. The standard InChI is InChI=1S/C62H41N/c1-3-16-40(17-4-1)42-30-34-54-57(37-42)48-22-7-9-26-52(48)61(54)44-21-15-20-43(36-44)47-33-31-45(38-56(47)41-18-5-2-6-19-41)62-53-27-10-8-23-49(53)58-39-46(32-35-55(58)62)63-59-28-13-11-24-50(59)51-25-12-14-29-60(51)63/h1-39,61-62H.